The second-order valence-corrected chi connectivity index (χ2v) is 6.82. The van der Waals surface area contributed by atoms with Crippen molar-refractivity contribution in [2.75, 3.05) is 21.3 Å². The summed E-state index contributed by atoms with van der Waals surface area (Å²) in [5.41, 5.74) is 2.18. The van der Waals surface area contributed by atoms with Crippen molar-refractivity contribution < 1.29 is 28.5 Å². The van der Waals surface area contributed by atoms with Gasteiger partial charge in [-0.3, -0.25) is 4.79 Å². The number of Topliss-reactive ketones (excluding diaryl/α,β-unsaturated/α-hetero) is 1. The van der Waals surface area contributed by atoms with Gasteiger partial charge in [-0.05, 0) is 29.8 Å². The number of methoxy groups -OCH3 is 3. The van der Waals surface area contributed by atoms with E-state index < -0.39 is 0 Å². The highest BCUT2D eigenvalue weighted by molar-refractivity contribution is 6.14. The van der Waals surface area contributed by atoms with E-state index in [-0.39, 0.29) is 11.5 Å². The number of carbonyl (C=O) groups excluding carboxylic acids is 1. The minimum Gasteiger partial charge on any atom is -0.496 e. The molecule has 0 amide bonds. The van der Waals surface area contributed by atoms with Gasteiger partial charge in [-0.1, -0.05) is 30.3 Å². The molecule has 0 radical (unpaired) electrons. The zero-order chi connectivity index (χ0) is 21.8. The van der Waals surface area contributed by atoms with Gasteiger partial charge in [-0.25, -0.2) is 0 Å². The van der Waals surface area contributed by atoms with Crippen molar-refractivity contribution in [2.45, 2.75) is 6.61 Å². The fraction of sp³-hybridized carbons (Fsp3) is 0.160. The van der Waals surface area contributed by atoms with Gasteiger partial charge in [-0.2, -0.15) is 0 Å². The standard InChI is InChI=1S/C25H22O6/c1-27-20-14-23(29-3)22(28-2)11-17(20)12-24-25(26)19-10-9-18(13-21(19)31-24)30-15-16-7-5-4-6-8-16/h4-14H,15H2,1-3H3/b24-12+. The fourth-order valence-corrected chi connectivity index (χ4v) is 3.30. The third kappa shape index (κ3) is 4.19. The summed E-state index contributed by atoms with van der Waals surface area (Å²) in [4.78, 5) is 12.8. The first kappa shape index (κ1) is 20.3. The molecule has 1 heterocycles. The number of ether oxygens (including phenoxy) is 5. The number of carbonyl (C=O) groups is 1. The first-order valence-electron chi connectivity index (χ1n) is 9.68. The maximum atomic E-state index is 12.8. The number of fused-ring (bicyclic) bond motifs is 1. The van der Waals surface area contributed by atoms with Crippen LogP contribution in [-0.4, -0.2) is 27.1 Å². The molecular weight excluding hydrogens is 396 g/mol. The van der Waals surface area contributed by atoms with Gasteiger partial charge in [0, 0.05) is 17.7 Å². The molecule has 0 fully saturated rings. The van der Waals surface area contributed by atoms with Gasteiger partial charge in [0.15, 0.2) is 17.3 Å². The van der Waals surface area contributed by atoms with Crippen molar-refractivity contribution in [2.24, 2.45) is 0 Å². The van der Waals surface area contributed by atoms with Crippen LogP contribution in [-0.2, 0) is 6.61 Å². The molecule has 6 nitrogen and oxygen atoms in total. The molecule has 158 valence electrons. The van der Waals surface area contributed by atoms with E-state index in [0.29, 0.717) is 46.5 Å². The Balaban J connectivity index is 1.58. The van der Waals surface area contributed by atoms with E-state index in [0.717, 1.165) is 5.56 Å². The van der Waals surface area contributed by atoms with Crippen LogP contribution in [0.4, 0.5) is 0 Å². The van der Waals surface area contributed by atoms with Crippen molar-refractivity contribution in [3.05, 3.63) is 83.1 Å². The Kier molecular flexibility index (Phi) is 5.80. The van der Waals surface area contributed by atoms with Crippen LogP contribution in [0, 0.1) is 0 Å². The number of hydrogen-bond donors (Lipinski definition) is 0. The highest BCUT2D eigenvalue weighted by atomic mass is 16.5. The average Bonchev–Trinajstić information content (AvgIpc) is 3.12. The molecule has 1 aliphatic rings. The lowest BCUT2D eigenvalue weighted by atomic mass is 10.1. The number of allylic oxidation sites excluding steroid dienone is 1. The molecule has 0 spiro atoms. The van der Waals surface area contributed by atoms with E-state index in [2.05, 4.69) is 0 Å². The molecule has 0 unspecified atom stereocenters. The number of benzene rings is 3. The molecule has 31 heavy (non-hydrogen) atoms. The second-order valence-electron chi connectivity index (χ2n) is 6.82. The lowest BCUT2D eigenvalue weighted by Crippen LogP contribution is -2.00. The lowest BCUT2D eigenvalue weighted by Gasteiger charge is -2.12. The molecule has 0 aromatic heterocycles. The summed E-state index contributed by atoms with van der Waals surface area (Å²) >= 11 is 0. The summed E-state index contributed by atoms with van der Waals surface area (Å²) in [6.45, 7) is 0.430. The van der Waals surface area contributed by atoms with Crippen LogP contribution in [0.1, 0.15) is 21.5 Å². The summed E-state index contributed by atoms with van der Waals surface area (Å²) in [7, 11) is 4.64. The van der Waals surface area contributed by atoms with Gasteiger partial charge < -0.3 is 23.7 Å². The van der Waals surface area contributed by atoms with E-state index in [1.165, 1.54) is 0 Å². The normalized spacial score (nSPS) is 13.5. The van der Waals surface area contributed by atoms with E-state index in [9.17, 15) is 4.79 Å². The van der Waals surface area contributed by atoms with Crippen molar-refractivity contribution in [1.82, 2.24) is 0 Å². The average molecular weight is 418 g/mol. The minimum absolute atomic E-state index is 0.195. The van der Waals surface area contributed by atoms with Gasteiger partial charge in [0.1, 0.15) is 23.9 Å². The minimum atomic E-state index is -0.207. The van der Waals surface area contributed by atoms with E-state index in [1.54, 1.807) is 57.7 Å². The molecule has 0 bridgehead atoms. The van der Waals surface area contributed by atoms with Crippen molar-refractivity contribution >= 4 is 11.9 Å². The zero-order valence-electron chi connectivity index (χ0n) is 17.5. The van der Waals surface area contributed by atoms with E-state index in [1.807, 2.05) is 30.3 Å². The Hall–Kier alpha value is -3.93. The molecule has 0 N–H and O–H groups in total. The van der Waals surface area contributed by atoms with Crippen LogP contribution in [0.15, 0.2) is 66.4 Å². The van der Waals surface area contributed by atoms with Crippen LogP contribution in [0.2, 0.25) is 0 Å². The third-order valence-corrected chi connectivity index (χ3v) is 4.91. The molecule has 1 aliphatic heterocycles. The third-order valence-electron chi connectivity index (χ3n) is 4.91. The number of ketones is 1. The SMILES string of the molecule is COc1cc(OC)c(OC)cc1/C=C1/Oc2cc(OCc3ccccc3)ccc2C1=O. The molecule has 0 aliphatic carbocycles. The maximum Gasteiger partial charge on any atom is 0.231 e. The first-order valence-corrected chi connectivity index (χ1v) is 9.68. The van der Waals surface area contributed by atoms with Crippen LogP contribution in [0.25, 0.3) is 6.08 Å². The molecule has 0 atom stereocenters. The summed E-state index contributed by atoms with van der Waals surface area (Å²) in [6, 6.07) is 18.5. The molecule has 0 saturated heterocycles. The van der Waals surface area contributed by atoms with Crippen molar-refractivity contribution in [3.8, 4) is 28.7 Å². The first-order chi connectivity index (χ1) is 15.1. The quantitative estimate of drug-likeness (QED) is 0.508. The molecule has 3 aromatic rings. The molecule has 6 heteroatoms. The van der Waals surface area contributed by atoms with Gasteiger partial charge in [0.05, 0.1) is 26.9 Å². The highest BCUT2D eigenvalue weighted by Crippen LogP contribution is 2.39. The van der Waals surface area contributed by atoms with Gasteiger partial charge >= 0.3 is 0 Å². The Morgan fingerprint density at radius 2 is 1.55 bits per heavy atom. The van der Waals surface area contributed by atoms with Gasteiger partial charge in [-0.15, -0.1) is 0 Å². The smallest absolute Gasteiger partial charge is 0.231 e. The Morgan fingerprint density at radius 3 is 2.26 bits per heavy atom. The summed E-state index contributed by atoms with van der Waals surface area (Å²) < 4.78 is 27.8. The van der Waals surface area contributed by atoms with Gasteiger partial charge in [0.25, 0.3) is 0 Å². The van der Waals surface area contributed by atoms with E-state index >= 15 is 0 Å². The fourth-order valence-electron chi connectivity index (χ4n) is 3.30. The lowest BCUT2D eigenvalue weighted by molar-refractivity contribution is 0.101. The summed E-state index contributed by atoms with van der Waals surface area (Å²) in [5, 5.41) is 0. The summed E-state index contributed by atoms with van der Waals surface area (Å²) in [6.07, 6.45) is 1.63. The topological polar surface area (TPSA) is 63.2 Å². The monoisotopic (exact) mass is 418 g/mol. The van der Waals surface area contributed by atoms with Crippen LogP contribution in [0.3, 0.4) is 0 Å². The van der Waals surface area contributed by atoms with Crippen molar-refractivity contribution in [3.63, 3.8) is 0 Å². The molecule has 3 aromatic carbocycles. The predicted octanol–water partition coefficient (Wildman–Crippen LogP) is 4.91. The van der Waals surface area contributed by atoms with Crippen molar-refractivity contribution in [1.29, 1.82) is 0 Å². The Morgan fingerprint density at radius 1 is 0.839 bits per heavy atom. The highest BCUT2D eigenvalue weighted by Gasteiger charge is 2.28. The number of hydrogen-bond acceptors (Lipinski definition) is 6. The second kappa shape index (κ2) is 8.83. The largest absolute Gasteiger partial charge is 0.496 e. The molecule has 4 rings (SSSR count). The predicted molar refractivity (Wildman–Crippen MR) is 116 cm³/mol. The molecular formula is C25H22O6. The van der Waals surface area contributed by atoms with Crippen LogP contribution >= 0.6 is 0 Å². The maximum absolute atomic E-state index is 12.8. The molecule has 0 saturated carbocycles. The van der Waals surface area contributed by atoms with Crippen LogP contribution in [0.5, 0.6) is 28.7 Å². The Labute approximate surface area is 180 Å². The zero-order valence-corrected chi connectivity index (χ0v) is 17.5. The van der Waals surface area contributed by atoms with Crippen LogP contribution < -0.4 is 23.7 Å². The summed E-state index contributed by atoms with van der Waals surface area (Å²) in [5.74, 6) is 2.66. The van der Waals surface area contributed by atoms with Gasteiger partial charge in [0.2, 0.25) is 5.78 Å². The Bertz CT molecular complexity index is 1130. The number of rotatable bonds is 7. The van der Waals surface area contributed by atoms with E-state index in [4.69, 9.17) is 23.7 Å².